The first-order valence-electron chi connectivity index (χ1n) is 5.99. The van der Waals surface area contributed by atoms with Gasteiger partial charge in [-0.05, 0) is 49.4 Å². The standard InChI is InChI=1S/C14H13ClN2S/c1-7-5-8(15)6-10-12(14(16)18)9-3-2-4-11(9)17-13(7)10/h5-6H,2-4H2,1H3,(H2,16,18). The number of pyridine rings is 1. The number of aromatic nitrogens is 1. The third kappa shape index (κ3) is 1.70. The van der Waals surface area contributed by atoms with E-state index in [1.165, 1.54) is 5.56 Å². The molecular formula is C14H13ClN2S. The van der Waals surface area contributed by atoms with Crippen LogP contribution >= 0.6 is 23.8 Å². The second-order valence-electron chi connectivity index (χ2n) is 4.75. The van der Waals surface area contributed by atoms with E-state index in [-0.39, 0.29) is 0 Å². The van der Waals surface area contributed by atoms with Gasteiger partial charge in [-0.3, -0.25) is 4.98 Å². The Hall–Kier alpha value is -1.19. The fourth-order valence-electron chi connectivity index (χ4n) is 2.77. The van der Waals surface area contributed by atoms with Crippen LogP contribution in [0.5, 0.6) is 0 Å². The molecule has 0 spiro atoms. The number of benzene rings is 1. The van der Waals surface area contributed by atoms with Crippen molar-refractivity contribution in [3.63, 3.8) is 0 Å². The lowest BCUT2D eigenvalue weighted by molar-refractivity contribution is 0.901. The van der Waals surface area contributed by atoms with Crippen molar-refractivity contribution in [2.24, 2.45) is 5.73 Å². The van der Waals surface area contributed by atoms with E-state index < -0.39 is 0 Å². The van der Waals surface area contributed by atoms with Crippen molar-refractivity contribution in [3.05, 3.63) is 39.5 Å². The third-order valence-electron chi connectivity index (χ3n) is 3.52. The fourth-order valence-corrected chi connectivity index (χ4v) is 3.28. The molecule has 92 valence electrons. The molecule has 2 N–H and O–H groups in total. The van der Waals surface area contributed by atoms with E-state index in [0.717, 1.165) is 47.0 Å². The highest BCUT2D eigenvalue weighted by molar-refractivity contribution is 7.80. The highest BCUT2D eigenvalue weighted by Gasteiger charge is 2.21. The molecule has 2 aromatic rings. The Morgan fingerprint density at radius 3 is 2.89 bits per heavy atom. The van der Waals surface area contributed by atoms with Crippen molar-refractivity contribution in [1.29, 1.82) is 0 Å². The summed E-state index contributed by atoms with van der Waals surface area (Å²) >= 11 is 11.4. The first-order valence-corrected chi connectivity index (χ1v) is 6.78. The van der Waals surface area contributed by atoms with Crippen LogP contribution in [-0.4, -0.2) is 9.97 Å². The monoisotopic (exact) mass is 276 g/mol. The van der Waals surface area contributed by atoms with E-state index in [9.17, 15) is 0 Å². The highest BCUT2D eigenvalue weighted by Crippen LogP contribution is 2.32. The van der Waals surface area contributed by atoms with Crippen LogP contribution in [0.15, 0.2) is 12.1 Å². The number of hydrogen-bond donors (Lipinski definition) is 1. The van der Waals surface area contributed by atoms with E-state index in [2.05, 4.69) is 0 Å². The van der Waals surface area contributed by atoms with Crippen molar-refractivity contribution < 1.29 is 0 Å². The third-order valence-corrected chi connectivity index (χ3v) is 3.94. The zero-order chi connectivity index (χ0) is 12.9. The maximum atomic E-state index is 6.14. The Bertz CT molecular complexity index is 679. The van der Waals surface area contributed by atoms with Crippen LogP contribution < -0.4 is 5.73 Å². The summed E-state index contributed by atoms with van der Waals surface area (Å²) in [5.41, 5.74) is 11.3. The molecule has 0 saturated carbocycles. The Morgan fingerprint density at radius 1 is 1.39 bits per heavy atom. The average molecular weight is 277 g/mol. The molecule has 0 fully saturated rings. The van der Waals surface area contributed by atoms with Crippen LogP contribution in [0.1, 0.15) is 28.8 Å². The normalized spacial score (nSPS) is 13.9. The molecule has 1 aromatic carbocycles. The van der Waals surface area contributed by atoms with Gasteiger partial charge in [0.05, 0.1) is 5.52 Å². The average Bonchev–Trinajstić information content (AvgIpc) is 2.73. The molecule has 18 heavy (non-hydrogen) atoms. The summed E-state index contributed by atoms with van der Waals surface area (Å²) in [6.07, 6.45) is 3.15. The predicted molar refractivity (Wildman–Crippen MR) is 79.4 cm³/mol. The summed E-state index contributed by atoms with van der Waals surface area (Å²) in [6.45, 7) is 2.02. The van der Waals surface area contributed by atoms with Crippen LogP contribution in [0.2, 0.25) is 5.02 Å². The molecule has 2 nitrogen and oxygen atoms in total. The topological polar surface area (TPSA) is 38.9 Å². The zero-order valence-corrected chi connectivity index (χ0v) is 11.7. The minimum Gasteiger partial charge on any atom is -0.389 e. The maximum absolute atomic E-state index is 6.14. The Labute approximate surface area is 116 Å². The Balaban J connectivity index is 2.50. The molecule has 0 radical (unpaired) electrons. The van der Waals surface area contributed by atoms with E-state index in [1.807, 2.05) is 19.1 Å². The molecule has 1 aliphatic rings. The van der Waals surface area contributed by atoms with Crippen LogP contribution in [0, 0.1) is 6.92 Å². The number of nitrogens with zero attached hydrogens (tertiary/aromatic N) is 1. The largest absolute Gasteiger partial charge is 0.389 e. The molecule has 0 amide bonds. The lowest BCUT2D eigenvalue weighted by atomic mass is 9.99. The van der Waals surface area contributed by atoms with E-state index in [1.54, 1.807) is 0 Å². The van der Waals surface area contributed by atoms with Gasteiger partial charge < -0.3 is 5.73 Å². The summed E-state index contributed by atoms with van der Waals surface area (Å²) < 4.78 is 0. The van der Waals surface area contributed by atoms with Gasteiger partial charge in [-0.25, -0.2) is 0 Å². The van der Waals surface area contributed by atoms with Crippen molar-refractivity contribution in [2.45, 2.75) is 26.2 Å². The van der Waals surface area contributed by atoms with Gasteiger partial charge in [-0.2, -0.15) is 0 Å². The van der Waals surface area contributed by atoms with Gasteiger partial charge >= 0.3 is 0 Å². The molecule has 0 unspecified atom stereocenters. The SMILES string of the molecule is Cc1cc(Cl)cc2c(C(N)=S)c3c(nc12)CCC3. The summed E-state index contributed by atoms with van der Waals surface area (Å²) in [7, 11) is 0. The number of hydrogen-bond acceptors (Lipinski definition) is 2. The maximum Gasteiger partial charge on any atom is 0.105 e. The van der Waals surface area contributed by atoms with Gasteiger partial charge in [0.25, 0.3) is 0 Å². The molecule has 3 rings (SSSR count). The highest BCUT2D eigenvalue weighted by atomic mass is 35.5. The summed E-state index contributed by atoms with van der Waals surface area (Å²) in [4.78, 5) is 5.21. The first-order chi connectivity index (χ1) is 8.58. The van der Waals surface area contributed by atoms with Crippen LogP contribution in [-0.2, 0) is 12.8 Å². The summed E-state index contributed by atoms with van der Waals surface area (Å²) in [5.74, 6) is 0. The lowest BCUT2D eigenvalue weighted by Crippen LogP contribution is -2.14. The Morgan fingerprint density at radius 2 is 2.17 bits per heavy atom. The van der Waals surface area contributed by atoms with E-state index in [4.69, 9.17) is 34.5 Å². The second-order valence-corrected chi connectivity index (χ2v) is 5.62. The van der Waals surface area contributed by atoms with Gasteiger partial charge in [0.2, 0.25) is 0 Å². The molecule has 0 atom stereocenters. The fraction of sp³-hybridized carbons (Fsp3) is 0.286. The van der Waals surface area contributed by atoms with Crippen LogP contribution in [0.4, 0.5) is 0 Å². The quantitative estimate of drug-likeness (QED) is 0.812. The lowest BCUT2D eigenvalue weighted by Gasteiger charge is -2.13. The molecule has 0 saturated heterocycles. The van der Waals surface area contributed by atoms with Gasteiger partial charge in [-0.15, -0.1) is 0 Å². The van der Waals surface area contributed by atoms with Crippen LogP contribution in [0.25, 0.3) is 10.9 Å². The minimum atomic E-state index is 0.446. The number of aryl methyl sites for hydroxylation is 2. The van der Waals surface area contributed by atoms with Crippen molar-refractivity contribution >= 4 is 39.7 Å². The van der Waals surface area contributed by atoms with Gasteiger partial charge in [-0.1, -0.05) is 23.8 Å². The minimum absolute atomic E-state index is 0.446. The smallest absolute Gasteiger partial charge is 0.105 e. The van der Waals surface area contributed by atoms with Crippen molar-refractivity contribution in [1.82, 2.24) is 4.98 Å². The molecular weight excluding hydrogens is 264 g/mol. The van der Waals surface area contributed by atoms with E-state index >= 15 is 0 Å². The number of nitrogens with two attached hydrogens (primary N) is 1. The molecule has 0 aliphatic heterocycles. The second kappa shape index (κ2) is 4.18. The number of halogens is 1. The number of rotatable bonds is 1. The molecule has 0 bridgehead atoms. The number of fused-ring (bicyclic) bond motifs is 2. The summed E-state index contributed by atoms with van der Waals surface area (Å²) in [6, 6.07) is 3.85. The number of thiocarbonyl (C=S) groups is 1. The van der Waals surface area contributed by atoms with Crippen molar-refractivity contribution in [3.8, 4) is 0 Å². The summed E-state index contributed by atoms with van der Waals surface area (Å²) in [5, 5.41) is 1.70. The van der Waals surface area contributed by atoms with Crippen molar-refractivity contribution in [2.75, 3.05) is 0 Å². The molecule has 1 aromatic heterocycles. The van der Waals surface area contributed by atoms with Gasteiger partial charge in [0.1, 0.15) is 4.99 Å². The van der Waals surface area contributed by atoms with Gasteiger partial charge in [0.15, 0.2) is 0 Å². The molecule has 1 aliphatic carbocycles. The first kappa shape index (κ1) is 11.9. The zero-order valence-electron chi connectivity index (χ0n) is 10.1. The molecule has 4 heteroatoms. The van der Waals surface area contributed by atoms with Gasteiger partial charge in [0, 0.05) is 21.7 Å². The van der Waals surface area contributed by atoms with Crippen LogP contribution in [0.3, 0.4) is 0 Å². The predicted octanol–water partition coefficient (Wildman–Crippen LogP) is 3.32. The molecule has 1 heterocycles. The Kier molecular flexibility index (Phi) is 2.76. The van der Waals surface area contributed by atoms with E-state index in [0.29, 0.717) is 10.0 Å².